The van der Waals surface area contributed by atoms with Crippen LogP contribution in [-0.2, 0) is 22.6 Å². The van der Waals surface area contributed by atoms with Gasteiger partial charge in [-0.05, 0) is 48.8 Å². The number of carbonyl (C=O) groups is 3. The van der Waals surface area contributed by atoms with E-state index < -0.39 is 6.04 Å². The van der Waals surface area contributed by atoms with Gasteiger partial charge in [-0.15, -0.1) is 0 Å². The number of carbonyl (C=O) groups excluding carboxylic acids is 3. The van der Waals surface area contributed by atoms with Gasteiger partial charge >= 0.3 is 0 Å². The number of piperidine rings is 1. The smallest absolute Gasteiger partial charge is 0.255 e. The number of hydrogen-bond acceptors (Lipinski definition) is 4. The molecule has 1 fully saturated rings. The van der Waals surface area contributed by atoms with Crippen LogP contribution in [-0.4, -0.2) is 34.7 Å². The molecule has 136 valence electrons. The molecule has 0 saturated carbocycles. The quantitative estimate of drug-likeness (QED) is 0.632. The Bertz CT molecular complexity index is 801. The number of hydrogen-bond donors (Lipinski definition) is 2. The third-order valence-corrected chi connectivity index (χ3v) is 5.71. The lowest BCUT2D eigenvalue weighted by molar-refractivity contribution is -0.136. The van der Waals surface area contributed by atoms with E-state index in [4.69, 9.17) is 5.73 Å². The second kappa shape index (κ2) is 6.68. The topological polar surface area (TPSA) is 92.5 Å². The summed E-state index contributed by atoms with van der Waals surface area (Å²) in [5.74, 6) is -0.349. The normalized spacial score (nSPS) is 28.3. The van der Waals surface area contributed by atoms with Crippen molar-refractivity contribution in [1.29, 1.82) is 0 Å². The van der Waals surface area contributed by atoms with Crippen molar-refractivity contribution in [2.24, 2.45) is 11.7 Å². The van der Waals surface area contributed by atoms with Gasteiger partial charge in [-0.1, -0.05) is 24.3 Å². The highest BCUT2D eigenvalue weighted by atomic mass is 16.2. The van der Waals surface area contributed by atoms with Crippen LogP contribution in [0.15, 0.2) is 30.4 Å². The molecule has 2 heterocycles. The number of nitrogens with zero attached hydrogens (tertiary/aromatic N) is 1. The van der Waals surface area contributed by atoms with E-state index in [-0.39, 0.29) is 30.2 Å². The maximum atomic E-state index is 12.7. The van der Waals surface area contributed by atoms with E-state index in [1.165, 1.54) is 5.56 Å². The van der Waals surface area contributed by atoms with Gasteiger partial charge in [0.05, 0.1) is 0 Å². The minimum atomic E-state index is -0.562. The van der Waals surface area contributed by atoms with Gasteiger partial charge in [0.2, 0.25) is 11.8 Å². The fourth-order valence-electron chi connectivity index (χ4n) is 4.18. The monoisotopic (exact) mass is 353 g/mol. The predicted molar refractivity (Wildman–Crippen MR) is 96.0 cm³/mol. The highest BCUT2D eigenvalue weighted by Crippen LogP contribution is 2.30. The Hall–Kier alpha value is -2.47. The van der Waals surface area contributed by atoms with Gasteiger partial charge in [0, 0.05) is 24.6 Å². The number of rotatable bonds is 3. The number of benzene rings is 1. The van der Waals surface area contributed by atoms with Gasteiger partial charge in [-0.2, -0.15) is 0 Å². The van der Waals surface area contributed by atoms with E-state index in [0.29, 0.717) is 24.4 Å². The number of imide groups is 1. The molecule has 0 spiro atoms. The summed E-state index contributed by atoms with van der Waals surface area (Å²) in [6, 6.07) is 5.55. The highest BCUT2D eigenvalue weighted by Gasteiger charge is 2.39. The minimum Gasteiger partial charge on any atom is -0.327 e. The molecule has 3 amide bonds. The third kappa shape index (κ3) is 3.05. The SMILES string of the molecule is N[C@H]1CC=CC[C@@H]1Cc1ccc2c(c1)CN(C1CCC(=O)NC1=O)C2=O. The predicted octanol–water partition coefficient (Wildman–Crippen LogP) is 1.28. The summed E-state index contributed by atoms with van der Waals surface area (Å²) < 4.78 is 0. The van der Waals surface area contributed by atoms with Crippen molar-refractivity contribution >= 4 is 17.7 Å². The van der Waals surface area contributed by atoms with Gasteiger partial charge in [-0.25, -0.2) is 0 Å². The first-order chi connectivity index (χ1) is 12.5. The van der Waals surface area contributed by atoms with Crippen LogP contribution < -0.4 is 11.1 Å². The van der Waals surface area contributed by atoms with Crippen LogP contribution in [0.2, 0.25) is 0 Å². The van der Waals surface area contributed by atoms with Gasteiger partial charge < -0.3 is 10.6 Å². The Morgan fingerprint density at radius 3 is 2.73 bits per heavy atom. The molecule has 0 bridgehead atoms. The Morgan fingerprint density at radius 1 is 1.15 bits per heavy atom. The molecule has 3 aliphatic rings. The number of nitrogens with one attached hydrogen (secondary N) is 1. The van der Waals surface area contributed by atoms with E-state index >= 15 is 0 Å². The first-order valence-corrected chi connectivity index (χ1v) is 9.20. The first-order valence-electron chi connectivity index (χ1n) is 9.20. The second-order valence-corrected chi connectivity index (χ2v) is 7.46. The number of fused-ring (bicyclic) bond motifs is 1. The third-order valence-electron chi connectivity index (χ3n) is 5.71. The Balaban J connectivity index is 1.50. The maximum absolute atomic E-state index is 12.7. The molecule has 1 aliphatic carbocycles. The Kier molecular flexibility index (Phi) is 4.36. The van der Waals surface area contributed by atoms with E-state index in [0.717, 1.165) is 24.8 Å². The summed E-state index contributed by atoms with van der Waals surface area (Å²) in [7, 11) is 0. The first kappa shape index (κ1) is 17.0. The molecule has 6 heteroatoms. The Labute approximate surface area is 152 Å². The number of amides is 3. The molecule has 3 atom stereocenters. The van der Waals surface area contributed by atoms with Crippen molar-refractivity contribution in [3.8, 4) is 0 Å². The molecule has 2 aliphatic heterocycles. The van der Waals surface area contributed by atoms with E-state index in [1.54, 1.807) is 4.90 Å². The molecule has 6 nitrogen and oxygen atoms in total. The van der Waals surface area contributed by atoms with Gasteiger partial charge in [-0.3, -0.25) is 19.7 Å². The van der Waals surface area contributed by atoms with Crippen LogP contribution in [0.1, 0.15) is 47.2 Å². The van der Waals surface area contributed by atoms with Crippen molar-refractivity contribution in [2.75, 3.05) is 0 Å². The van der Waals surface area contributed by atoms with E-state index in [9.17, 15) is 14.4 Å². The van der Waals surface area contributed by atoms with Crippen LogP contribution in [0, 0.1) is 5.92 Å². The zero-order chi connectivity index (χ0) is 18.3. The maximum Gasteiger partial charge on any atom is 0.255 e. The van der Waals surface area contributed by atoms with Crippen LogP contribution in [0.4, 0.5) is 0 Å². The van der Waals surface area contributed by atoms with Crippen molar-refractivity contribution in [3.05, 3.63) is 47.0 Å². The van der Waals surface area contributed by atoms with E-state index in [2.05, 4.69) is 23.5 Å². The summed E-state index contributed by atoms with van der Waals surface area (Å²) in [5, 5.41) is 2.33. The number of allylic oxidation sites excluding steroid dienone is 1. The lowest BCUT2D eigenvalue weighted by atomic mass is 9.84. The summed E-state index contributed by atoms with van der Waals surface area (Å²) in [5.41, 5.74) is 9.01. The summed E-state index contributed by atoms with van der Waals surface area (Å²) in [6.07, 6.45) is 7.79. The largest absolute Gasteiger partial charge is 0.327 e. The molecular weight excluding hydrogens is 330 g/mol. The molecule has 26 heavy (non-hydrogen) atoms. The fourth-order valence-corrected chi connectivity index (χ4v) is 4.18. The van der Waals surface area contributed by atoms with Crippen molar-refractivity contribution < 1.29 is 14.4 Å². The summed E-state index contributed by atoms with van der Waals surface area (Å²) in [4.78, 5) is 37.7. The van der Waals surface area contributed by atoms with Crippen LogP contribution in [0.5, 0.6) is 0 Å². The van der Waals surface area contributed by atoms with Crippen molar-refractivity contribution in [2.45, 2.75) is 50.7 Å². The highest BCUT2D eigenvalue weighted by molar-refractivity contribution is 6.05. The molecule has 1 unspecified atom stereocenters. The molecule has 0 radical (unpaired) electrons. The van der Waals surface area contributed by atoms with Crippen LogP contribution >= 0.6 is 0 Å². The fraction of sp³-hybridized carbons (Fsp3) is 0.450. The average Bonchev–Trinajstić information content (AvgIpc) is 2.93. The number of nitrogens with two attached hydrogens (primary N) is 1. The minimum absolute atomic E-state index is 0.127. The Morgan fingerprint density at radius 2 is 1.96 bits per heavy atom. The molecule has 1 saturated heterocycles. The standard InChI is InChI=1S/C20H23N3O3/c21-16-4-2-1-3-13(16)9-12-5-6-15-14(10-12)11-23(20(15)26)17-7-8-18(24)22-19(17)25/h1-2,5-6,10,13,16-17H,3-4,7-9,11,21H2,(H,22,24,25)/t13-,16+,17?/m1/s1. The van der Waals surface area contributed by atoms with E-state index in [1.807, 2.05) is 12.1 Å². The van der Waals surface area contributed by atoms with Crippen molar-refractivity contribution in [1.82, 2.24) is 10.2 Å². The lowest BCUT2D eigenvalue weighted by Crippen LogP contribution is -2.52. The van der Waals surface area contributed by atoms with Crippen LogP contribution in [0.3, 0.4) is 0 Å². The average molecular weight is 353 g/mol. The molecule has 1 aromatic rings. The van der Waals surface area contributed by atoms with Gasteiger partial charge in [0.15, 0.2) is 0 Å². The molecule has 1 aromatic carbocycles. The van der Waals surface area contributed by atoms with Crippen molar-refractivity contribution in [3.63, 3.8) is 0 Å². The van der Waals surface area contributed by atoms with Gasteiger partial charge in [0.25, 0.3) is 5.91 Å². The van der Waals surface area contributed by atoms with Gasteiger partial charge in [0.1, 0.15) is 6.04 Å². The second-order valence-electron chi connectivity index (χ2n) is 7.46. The zero-order valence-corrected chi connectivity index (χ0v) is 14.6. The lowest BCUT2D eigenvalue weighted by Gasteiger charge is -2.29. The molecule has 3 N–H and O–H groups in total. The summed E-state index contributed by atoms with van der Waals surface area (Å²) >= 11 is 0. The molecular formula is C20H23N3O3. The molecule has 4 rings (SSSR count). The zero-order valence-electron chi connectivity index (χ0n) is 14.6. The molecule has 0 aromatic heterocycles. The summed E-state index contributed by atoms with van der Waals surface area (Å²) in [6.45, 7) is 0.422. The van der Waals surface area contributed by atoms with Crippen LogP contribution in [0.25, 0.3) is 0 Å².